The van der Waals surface area contributed by atoms with Crippen LogP contribution in [0.25, 0.3) is 11.7 Å². The average Bonchev–Trinajstić information content (AvgIpc) is 2.85. The minimum absolute atomic E-state index is 0.00511. The van der Waals surface area contributed by atoms with Crippen molar-refractivity contribution in [1.29, 1.82) is 5.26 Å². The second-order valence-corrected chi connectivity index (χ2v) is 8.85. The quantitative estimate of drug-likeness (QED) is 0.280. The SMILES string of the molecule is Cc1ccc(NC(=O)/C(C#N)=C/c2c(Oc3cc(C)ccc3C(C)C)nc3ccccn3c2=O)cc1. The average molecular weight is 479 g/mol. The number of anilines is 1. The summed E-state index contributed by atoms with van der Waals surface area (Å²) in [5.74, 6) is 0.114. The fourth-order valence-corrected chi connectivity index (χ4v) is 3.72. The summed E-state index contributed by atoms with van der Waals surface area (Å²) in [5.41, 5.74) is 3.20. The van der Waals surface area contributed by atoms with Crippen molar-refractivity contribution >= 4 is 23.3 Å². The summed E-state index contributed by atoms with van der Waals surface area (Å²) in [6.45, 7) is 7.98. The third-order valence-corrected chi connectivity index (χ3v) is 5.69. The van der Waals surface area contributed by atoms with Crippen molar-refractivity contribution in [3.8, 4) is 17.7 Å². The molecule has 0 aliphatic carbocycles. The van der Waals surface area contributed by atoms with Crippen molar-refractivity contribution in [2.75, 3.05) is 5.32 Å². The number of fused-ring (bicyclic) bond motifs is 1. The molecule has 1 amide bonds. The molecule has 0 saturated carbocycles. The topological polar surface area (TPSA) is 96.5 Å². The van der Waals surface area contributed by atoms with Gasteiger partial charge in [0, 0.05) is 11.9 Å². The Bertz CT molecular complexity index is 1580. The Morgan fingerprint density at radius 3 is 2.50 bits per heavy atom. The number of carbonyl (C=O) groups is 1. The normalized spacial score (nSPS) is 11.4. The molecule has 0 aliphatic heterocycles. The van der Waals surface area contributed by atoms with Gasteiger partial charge in [-0.2, -0.15) is 10.2 Å². The Kier molecular flexibility index (Phi) is 6.98. The molecule has 7 nitrogen and oxygen atoms in total. The van der Waals surface area contributed by atoms with Crippen molar-refractivity contribution in [3.05, 3.63) is 105 Å². The number of amides is 1. The maximum Gasteiger partial charge on any atom is 0.269 e. The van der Waals surface area contributed by atoms with Crippen molar-refractivity contribution in [2.24, 2.45) is 0 Å². The smallest absolute Gasteiger partial charge is 0.269 e. The van der Waals surface area contributed by atoms with E-state index >= 15 is 0 Å². The minimum Gasteiger partial charge on any atom is -0.438 e. The fraction of sp³-hybridized carbons (Fsp3) is 0.172. The van der Waals surface area contributed by atoms with Crippen LogP contribution in [0.3, 0.4) is 0 Å². The number of nitriles is 1. The Balaban J connectivity index is 1.84. The molecule has 0 fully saturated rings. The number of nitrogens with one attached hydrogen (secondary N) is 1. The zero-order valence-corrected chi connectivity index (χ0v) is 20.6. The zero-order chi connectivity index (χ0) is 25.8. The molecular weight excluding hydrogens is 452 g/mol. The lowest BCUT2D eigenvalue weighted by Gasteiger charge is -2.16. The largest absolute Gasteiger partial charge is 0.438 e. The van der Waals surface area contributed by atoms with Gasteiger partial charge in [0.25, 0.3) is 11.5 Å². The van der Waals surface area contributed by atoms with Gasteiger partial charge in [-0.3, -0.25) is 14.0 Å². The number of benzene rings is 2. The molecular formula is C29H26N4O3. The lowest BCUT2D eigenvalue weighted by Crippen LogP contribution is -2.20. The van der Waals surface area contributed by atoms with Crippen LogP contribution in [0, 0.1) is 25.2 Å². The first-order chi connectivity index (χ1) is 17.3. The molecule has 180 valence electrons. The van der Waals surface area contributed by atoms with Gasteiger partial charge in [0.05, 0.1) is 0 Å². The van der Waals surface area contributed by atoms with Gasteiger partial charge < -0.3 is 10.1 Å². The lowest BCUT2D eigenvalue weighted by atomic mass is 10.0. The molecule has 2 aromatic heterocycles. The van der Waals surface area contributed by atoms with Gasteiger partial charge in [0.2, 0.25) is 5.88 Å². The van der Waals surface area contributed by atoms with E-state index in [0.29, 0.717) is 17.1 Å². The van der Waals surface area contributed by atoms with Crippen molar-refractivity contribution < 1.29 is 9.53 Å². The molecule has 0 aliphatic rings. The Hall–Kier alpha value is -4.70. The Morgan fingerprint density at radius 1 is 1.08 bits per heavy atom. The molecule has 0 unspecified atom stereocenters. The second kappa shape index (κ2) is 10.3. The molecule has 0 radical (unpaired) electrons. The number of pyridine rings is 1. The molecule has 0 spiro atoms. The molecule has 7 heteroatoms. The van der Waals surface area contributed by atoms with Crippen LogP contribution in [0.4, 0.5) is 5.69 Å². The predicted molar refractivity (Wildman–Crippen MR) is 140 cm³/mol. The molecule has 0 bridgehead atoms. The highest BCUT2D eigenvalue weighted by Gasteiger charge is 2.19. The van der Waals surface area contributed by atoms with E-state index in [0.717, 1.165) is 16.7 Å². The maximum atomic E-state index is 13.5. The van der Waals surface area contributed by atoms with E-state index in [1.165, 1.54) is 10.5 Å². The number of rotatable bonds is 6. The monoisotopic (exact) mass is 478 g/mol. The van der Waals surface area contributed by atoms with Gasteiger partial charge in [0.1, 0.15) is 28.6 Å². The first-order valence-electron chi connectivity index (χ1n) is 11.6. The number of aromatic nitrogens is 2. The minimum atomic E-state index is -0.636. The van der Waals surface area contributed by atoms with Crippen LogP contribution in [0.15, 0.2) is 77.2 Å². The second-order valence-electron chi connectivity index (χ2n) is 8.85. The number of hydrogen-bond donors (Lipinski definition) is 1. The van der Waals surface area contributed by atoms with Crippen LogP contribution in [-0.2, 0) is 4.79 Å². The zero-order valence-electron chi connectivity index (χ0n) is 20.6. The number of nitrogens with zero attached hydrogens (tertiary/aromatic N) is 3. The number of hydrogen-bond acceptors (Lipinski definition) is 5. The number of aryl methyl sites for hydroxylation is 2. The summed E-state index contributed by atoms with van der Waals surface area (Å²) in [5, 5.41) is 12.5. The molecule has 1 N–H and O–H groups in total. The van der Waals surface area contributed by atoms with E-state index in [2.05, 4.69) is 10.3 Å². The molecule has 0 saturated heterocycles. The van der Waals surface area contributed by atoms with E-state index < -0.39 is 11.5 Å². The predicted octanol–water partition coefficient (Wildman–Crippen LogP) is 5.77. The van der Waals surface area contributed by atoms with Gasteiger partial charge in [-0.05, 0) is 67.3 Å². The van der Waals surface area contributed by atoms with Crippen LogP contribution in [0.5, 0.6) is 11.6 Å². The number of ether oxygens (including phenoxy) is 1. The van der Waals surface area contributed by atoms with Gasteiger partial charge >= 0.3 is 0 Å². The molecule has 36 heavy (non-hydrogen) atoms. The highest BCUT2D eigenvalue weighted by atomic mass is 16.5. The highest BCUT2D eigenvalue weighted by Crippen LogP contribution is 2.32. The van der Waals surface area contributed by atoms with E-state index in [-0.39, 0.29) is 22.9 Å². The summed E-state index contributed by atoms with van der Waals surface area (Å²) in [7, 11) is 0. The third kappa shape index (κ3) is 5.18. The number of carbonyl (C=O) groups excluding carboxylic acids is 1. The molecule has 4 rings (SSSR count). The molecule has 2 aromatic carbocycles. The Morgan fingerprint density at radius 2 is 1.81 bits per heavy atom. The van der Waals surface area contributed by atoms with Crippen LogP contribution >= 0.6 is 0 Å². The van der Waals surface area contributed by atoms with Crippen LogP contribution in [-0.4, -0.2) is 15.3 Å². The Labute approximate surface area is 209 Å². The van der Waals surface area contributed by atoms with E-state index in [1.54, 1.807) is 36.5 Å². The standard InChI is InChI=1S/C29H26N4O3/c1-18(2)23-13-10-20(4)15-25(23)36-28-24(29(35)33-14-6-5-7-26(33)32-28)16-21(17-30)27(34)31-22-11-8-19(3)9-12-22/h5-16,18H,1-4H3,(H,31,34)/b21-16+. The summed E-state index contributed by atoms with van der Waals surface area (Å²) >= 11 is 0. The van der Waals surface area contributed by atoms with Gasteiger partial charge in [-0.15, -0.1) is 0 Å². The maximum absolute atomic E-state index is 13.5. The van der Waals surface area contributed by atoms with Gasteiger partial charge in [-0.25, -0.2) is 0 Å². The summed E-state index contributed by atoms with van der Waals surface area (Å²) in [6.07, 6.45) is 2.81. The lowest BCUT2D eigenvalue weighted by molar-refractivity contribution is -0.112. The first-order valence-corrected chi connectivity index (χ1v) is 11.6. The van der Waals surface area contributed by atoms with Crippen molar-refractivity contribution in [2.45, 2.75) is 33.6 Å². The molecule has 4 aromatic rings. The summed E-state index contributed by atoms with van der Waals surface area (Å²) in [4.78, 5) is 30.9. The summed E-state index contributed by atoms with van der Waals surface area (Å²) < 4.78 is 7.57. The van der Waals surface area contributed by atoms with Crippen molar-refractivity contribution in [3.63, 3.8) is 0 Å². The van der Waals surface area contributed by atoms with Crippen molar-refractivity contribution in [1.82, 2.24) is 9.38 Å². The molecule has 2 heterocycles. The highest BCUT2D eigenvalue weighted by molar-refractivity contribution is 6.09. The van der Waals surface area contributed by atoms with E-state index in [4.69, 9.17) is 4.74 Å². The van der Waals surface area contributed by atoms with Crippen LogP contribution in [0.2, 0.25) is 0 Å². The van der Waals surface area contributed by atoms with Crippen LogP contribution in [0.1, 0.15) is 42.0 Å². The fourth-order valence-electron chi connectivity index (χ4n) is 3.72. The first kappa shape index (κ1) is 24.4. The third-order valence-electron chi connectivity index (χ3n) is 5.69. The van der Waals surface area contributed by atoms with E-state index in [1.807, 2.05) is 64.1 Å². The van der Waals surface area contributed by atoms with Gasteiger partial charge in [0.15, 0.2) is 0 Å². The van der Waals surface area contributed by atoms with E-state index in [9.17, 15) is 14.9 Å². The van der Waals surface area contributed by atoms with Crippen LogP contribution < -0.4 is 15.6 Å². The molecule has 0 atom stereocenters. The summed E-state index contributed by atoms with van der Waals surface area (Å²) in [6, 6.07) is 20.1. The van der Waals surface area contributed by atoms with Gasteiger partial charge in [-0.1, -0.05) is 49.7 Å².